The molecule has 0 aromatic carbocycles. The summed E-state index contributed by atoms with van der Waals surface area (Å²) >= 11 is 0. The molecule has 104 valence electrons. The third kappa shape index (κ3) is 23.6. The minimum Gasteiger partial charge on any atom is -0.325 e. The van der Waals surface area contributed by atoms with Gasteiger partial charge >= 0.3 is 0 Å². The minimum atomic E-state index is 0.179. The van der Waals surface area contributed by atoms with Crippen molar-refractivity contribution in [3.05, 3.63) is 0 Å². The fourth-order valence-corrected chi connectivity index (χ4v) is 1.36. The van der Waals surface area contributed by atoms with Crippen molar-refractivity contribution in [1.29, 1.82) is 0 Å². The molecule has 2 N–H and O–H groups in total. The largest absolute Gasteiger partial charge is 0.325 e. The zero-order valence-electron chi connectivity index (χ0n) is 13.6. The maximum atomic E-state index is 5.88. The highest BCUT2D eigenvalue weighted by Gasteiger charge is 2.20. The zero-order chi connectivity index (χ0) is 14.0. The summed E-state index contributed by atoms with van der Waals surface area (Å²) in [6, 6.07) is 0. The lowest BCUT2D eigenvalue weighted by Crippen LogP contribution is -2.37. The molecule has 0 aromatic heterocycles. The van der Waals surface area contributed by atoms with Crippen molar-refractivity contribution >= 4 is 0 Å². The molecule has 0 heterocycles. The summed E-state index contributed by atoms with van der Waals surface area (Å²) < 4.78 is 0. The predicted molar refractivity (Wildman–Crippen MR) is 81.1 cm³/mol. The molecule has 1 rings (SSSR count). The van der Waals surface area contributed by atoms with Crippen LogP contribution in [-0.2, 0) is 0 Å². The molecule has 0 radical (unpaired) electrons. The fourth-order valence-electron chi connectivity index (χ4n) is 1.36. The van der Waals surface area contributed by atoms with Crippen molar-refractivity contribution in [1.82, 2.24) is 0 Å². The van der Waals surface area contributed by atoms with Gasteiger partial charge in [-0.1, -0.05) is 74.7 Å². The van der Waals surface area contributed by atoms with Crippen LogP contribution in [-0.4, -0.2) is 5.54 Å². The van der Waals surface area contributed by atoms with Crippen LogP contribution in [0.2, 0.25) is 0 Å². The number of hydrogen-bond acceptors (Lipinski definition) is 1. The molecule has 1 heteroatoms. The van der Waals surface area contributed by atoms with Crippen LogP contribution in [0.4, 0.5) is 0 Å². The van der Waals surface area contributed by atoms with Gasteiger partial charge in [0, 0.05) is 5.54 Å². The molecule has 0 bridgehead atoms. The van der Waals surface area contributed by atoms with Crippen LogP contribution in [0.3, 0.4) is 0 Å². The van der Waals surface area contributed by atoms with Crippen molar-refractivity contribution in [2.24, 2.45) is 5.73 Å². The smallest absolute Gasteiger partial charge is 0.0125 e. The standard InChI is InChI=1S/C7H15N.4C2H6/c1-7(8)5-3-2-4-6-7;4*1-2/h2-6,8H2,1H3;4*1-2H3. The van der Waals surface area contributed by atoms with E-state index >= 15 is 0 Å². The monoisotopic (exact) mass is 233 g/mol. The summed E-state index contributed by atoms with van der Waals surface area (Å²) in [5.74, 6) is 0. The molecule has 0 atom stereocenters. The zero-order valence-corrected chi connectivity index (χ0v) is 13.6. The van der Waals surface area contributed by atoms with Gasteiger partial charge < -0.3 is 5.73 Å². The van der Waals surface area contributed by atoms with Gasteiger partial charge in [-0.15, -0.1) is 0 Å². The molecule has 0 saturated heterocycles. The van der Waals surface area contributed by atoms with Crippen LogP contribution in [0, 0.1) is 0 Å². The Morgan fingerprint density at radius 2 is 0.875 bits per heavy atom. The van der Waals surface area contributed by atoms with Gasteiger partial charge in [0.2, 0.25) is 0 Å². The third-order valence-corrected chi connectivity index (χ3v) is 2.00. The van der Waals surface area contributed by atoms with Gasteiger partial charge in [-0.05, 0) is 19.8 Å². The quantitative estimate of drug-likeness (QED) is 0.564. The molecule has 0 spiro atoms. The predicted octanol–water partition coefficient (Wildman–Crippen LogP) is 5.77. The van der Waals surface area contributed by atoms with Gasteiger partial charge in [-0.25, -0.2) is 0 Å². The first-order valence-electron chi connectivity index (χ1n) is 7.50. The topological polar surface area (TPSA) is 26.0 Å². The Balaban J connectivity index is -0.0000000771. The van der Waals surface area contributed by atoms with Gasteiger partial charge in [0.25, 0.3) is 0 Å². The van der Waals surface area contributed by atoms with E-state index in [9.17, 15) is 0 Å². The Labute approximate surface area is 106 Å². The molecular weight excluding hydrogens is 194 g/mol. The Bertz CT molecular complexity index is 69.5. The Kier molecular flexibility index (Phi) is 37.9. The lowest BCUT2D eigenvalue weighted by Gasteiger charge is -2.28. The van der Waals surface area contributed by atoms with E-state index in [0.717, 1.165) is 0 Å². The molecule has 0 aromatic rings. The molecule has 0 unspecified atom stereocenters. The van der Waals surface area contributed by atoms with E-state index in [1.807, 2.05) is 55.4 Å². The summed E-state index contributed by atoms with van der Waals surface area (Å²) in [6.07, 6.45) is 6.53. The van der Waals surface area contributed by atoms with Crippen LogP contribution >= 0.6 is 0 Å². The molecule has 1 aliphatic rings. The molecule has 1 fully saturated rings. The molecular formula is C15H39N. The number of hydrogen-bond donors (Lipinski definition) is 1. The average Bonchev–Trinajstić information content (AvgIpc) is 2.39. The van der Waals surface area contributed by atoms with Gasteiger partial charge in [0.1, 0.15) is 0 Å². The minimum absolute atomic E-state index is 0.179. The highest BCUT2D eigenvalue weighted by molar-refractivity contribution is 4.81. The molecule has 0 aliphatic heterocycles. The first kappa shape index (κ1) is 25.0. The summed E-state index contributed by atoms with van der Waals surface area (Å²) in [5, 5.41) is 0. The Morgan fingerprint density at radius 1 is 0.625 bits per heavy atom. The number of nitrogens with two attached hydrogens (primary N) is 1. The van der Waals surface area contributed by atoms with Crippen molar-refractivity contribution in [3.8, 4) is 0 Å². The average molecular weight is 233 g/mol. The van der Waals surface area contributed by atoms with E-state index in [1.165, 1.54) is 32.1 Å². The first-order chi connectivity index (χ1) is 7.71. The van der Waals surface area contributed by atoms with E-state index < -0.39 is 0 Å². The molecule has 1 aliphatic carbocycles. The summed E-state index contributed by atoms with van der Waals surface area (Å²) in [7, 11) is 0. The lowest BCUT2D eigenvalue weighted by atomic mass is 9.84. The number of rotatable bonds is 0. The van der Waals surface area contributed by atoms with Crippen molar-refractivity contribution in [3.63, 3.8) is 0 Å². The van der Waals surface area contributed by atoms with E-state index in [1.54, 1.807) is 0 Å². The molecule has 1 saturated carbocycles. The van der Waals surface area contributed by atoms with Crippen LogP contribution in [0.15, 0.2) is 0 Å². The second-order valence-corrected chi connectivity index (χ2v) is 3.21. The van der Waals surface area contributed by atoms with Crippen molar-refractivity contribution in [2.45, 2.75) is 100.0 Å². The van der Waals surface area contributed by atoms with Crippen molar-refractivity contribution in [2.75, 3.05) is 0 Å². The highest BCUT2D eigenvalue weighted by atomic mass is 14.7. The molecule has 16 heavy (non-hydrogen) atoms. The molecule has 0 amide bonds. The Morgan fingerprint density at radius 3 is 1.00 bits per heavy atom. The second-order valence-electron chi connectivity index (χ2n) is 3.21. The SMILES string of the molecule is CC.CC.CC.CC.CC1(N)CCCCC1. The van der Waals surface area contributed by atoms with Crippen LogP contribution < -0.4 is 5.73 Å². The van der Waals surface area contributed by atoms with Gasteiger partial charge in [0.15, 0.2) is 0 Å². The highest BCUT2D eigenvalue weighted by Crippen LogP contribution is 2.24. The van der Waals surface area contributed by atoms with E-state index in [2.05, 4.69) is 6.92 Å². The van der Waals surface area contributed by atoms with E-state index in [-0.39, 0.29) is 5.54 Å². The summed E-state index contributed by atoms with van der Waals surface area (Å²) in [6.45, 7) is 18.2. The maximum absolute atomic E-state index is 5.88. The molecule has 1 nitrogen and oxygen atoms in total. The van der Waals surface area contributed by atoms with Gasteiger partial charge in [-0.2, -0.15) is 0 Å². The summed E-state index contributed by atoms with van der Waals surface area (Å²) in [5.41, 5.74) is 6.06. The lowest BCUT2D eigenvalue weighted by molar-refractivity contribution is 0.322. The van der Waals surface area contributed by atoms with E-state index in [0.29, 0.717) is 0 Å². The first-order valence-corrected chi connectivity index (χ1v) is 7.50. The van der Waals surface area contributed by atoms with Crippen LogP contribution in [0.25, 0.3) is 0 Å². The van der Waals surface area contributed by atoms with E-state index in [4.69, 9.17) is 5.73 Å². The second kappa shape index (κ2) is 24.3. The normalized spacial score (nSPS) is 15.4. The van der Waals surface area contributed by atoms with Crippen LogP contribution in [0.1, 0.15) is 94.4 Å². The van der Waals surface area contributed by atoms with Crippen molar-refractivity contribution < 1.29 is 0 Å². The van der Waals surface area contributed by atoms with Gasteiger partial charge in [-0.3, -0.25) is 0 Å². The van der Waals surface area contributed by atoms with Crippen LogP contribution in [0.5, 0.6) is 0 Å². The Hall–Kier alpha value is -0.0400. The van der Waals surface area contributed by atoms with Gasteiger partial charge in [0.05, 0.1) is 0 Å². The third-order valence-electron chi connectivity index (χ3n) is 2.00. The fraction of sp³-hybridized carbons (Fsp3) is 1.00. The maximum Gasteiger partial charge on any atom is 0.0125 e. The summed E-state index contributed by atoms with van der Waals surface area (Å²) in [4.78, 5) is 0.